The number of oxazole rings is 1. The van der Waals surface area contributed by atoms with E-state index in [1.165, 1.54) is 18.4 Å². The quantitative estimate of drug-likeness (QED) is 0.510. The fourth-order valence-corrected chi connectivity index (χ4v) is 3.84. The van der Waals surface area contributed by atoms with Gasteiger partial charge in [0.05, 0.1) is 12.2 Å². The van der Waals surface area contributed by atoms with Crippen molar-refractivity contribution in [3.63, 3.8) is 0 Å². The van der Waals surface area contributed by atoms with E-state index in [0.717, 1.165) is 62.6 Å². The highest BCUT2D eigenvalue weighted by Gasteiger charge is 2.21. The highest BCUT2D eigenvalue weighted by Crippen LogP contribution is 2.19. The summed E-state index contributed by atoms with van der Waals surface area (Å²) in [6.45, 7) is 13.9. The Kier molecular flexibility index (Phi) is 8.31. The lowest BCUT2D eigenvalue weighted by atomic mass is 9.97. The second kappa shape index (κ2) is 11.2. The van der Waals surface area contributed by atoms with Gasteiger partial charge in [-0.2, -0.15) is 0 Å². The number of aromatic nitrogens is 1. The summed E-state index contributed by atoms with van der Waals surface area (Å²) >= 11 is 0. The molecule has 3 rings (SSSR count). The maximum Gasteiger partial charge on any atom is 0.208 e. The number of piperidine rings is 1. The first-order valence-corrected chi connectivity index (χ1v) is 11.3. The summed E-state index contributed by atoms with van der Waals surface area (Å²) in [6, 6.07) is 10.6. The monoisotopic (exact) mass is 411 g/mol. The molecule has 0 saturated carbocycles. The second-order valence-corrected chi connectivity index (χ2v) is 8.38. The van der Waals surface area contributed by atoms with Crippen LogP contribution >= 0.6 is 0 Å². The summed E-state index contributed by atoms with van der Waals surface area (Å²) in [6.07, 6.45) is 2.37. The van der Waals surface area contributed by atoms with Gasteiger partial charge in [0.1, 0.15) is 5.76 Å². The van der Waals surface area contributed by atoms with Gasteiger partial charge in [0, 0.05) is 25.6 Å². The highest BCUT2D eigenvalue weighted by molar-refractivity contribution is 5.79. The van der Waals surface area contributed by atoms with Gasteiger partial charge in [-0.25, -0.2) is 4.98 Å². The fourth-order valence-electron chi connectivity index (χ4n) is 3.84. The van der Waals surface area contributed by atoms with Crippen molar-refractivity contribution in [2.24, 2.45) is 10.9 Å². The van der Waals surface area contributed by atoms with Gasteiger partial charge in [0.25, 0.3) is 0 Å². The first kappa shape index (κ1) is 22.3. The van der Waals surface area contributed by atoms with E-state index in [4.69, 9.17) is 9.41 Å². The zero-order valence-electron chi connectivity index (χ0n) is 18.9. The minimum atomic E-state index is 0.410. The van der Waals surface area contributed by atoms with E-state index >= 15 is 0 Å². The summed E-state index contributed by atoms with van der Waals surface area (Å²) in [5, 5.41) is 6.95. The molecule has 0 bridgehead atoms. The third-order valence-electron chi connectivity index (χ3n) is 5.93. The molecule has 1 unspecified atom stereocenters. The molecule has 1 aromatic heterocycles. The molecule has 1 saturated heterocycles. The molecule has 6 heteroatoms. The van der Waals surface area contributed by atoms with Crippen LogP contribution in [0.2, 0.25) is 0 Å². The van der Waals surface area contributed by atoms with Crippen LogP contribution in [-0.4, -0.2) is 48.6 Å². The summed E-state index contributed by atoms with van der Waals surface area (Å²) in [7, 11) is 0. The lowest BCUT2D eigenvalue weighted by Crippen LogP contribution is -2.43. The predicted molar refractivity (Wildman–Crippen MR) is 123 cm³/mol. The number of benzene rings is 1. The van der Waals surface area contributed by atoms with Gasteiger partial charge < -0.3 is 15.1 Å². The van der Waals surface area contributed by atoms with E-state index < -0.39 is 0 Å². The molecule has 0 radical (unpaired) electrons. The number of hydrogen-bond acceptors (Lipinski definition) is 4. The van der Waals surface area contributed by atoms with Crippen molar-refractivity contribution >= 4 is 5.96 Å². The van der Waals surface area contributed by atoms with E-state index in [1.54, 1.807) is 0 Å². The first-order valence-electron chi connectivity index (χ1n) is 11.3. The smallest absolute Gasteiger partial charge is 0.208 e. The number of rotatable bonds is 8. The Balaban J connectivity index is 1.42. The van der Waals surface area contributed by atoms with Gasteiger partial charge in [-0.1, -0.05) is 37.3 Å². The van der Waals surface area contributed by atoms with E-state index in [2.05, 4.69) is 64.7 Å². The second-order valence-electron chi connectivity index (χ2n) is 8.38. The molecular weight excluding hydrogens is 374 g/mol. The molecule has 2 aromatic rings. The minimum Gasteiger partial charge on any atom is -0.444 e. The maximum absolute atomic E-state index is 5.74. The van der Waals surface area contributed by atoms with E-state index in [-0.39, 0.29) is 0 Å². The van der Waals surface area contributed by atoms with Gasteiger partial charge >= 0.3 is 0 Å². The SMILES string of the molecule is CCNC(=NCC(C)c1ccccc1)NCC1CCN(Cc2nc(C)c(C)o2)CC1. The number of aryl methyl sites for hydroxylation is 2. The largest absolute Gasteiger partial charge is 0.444 e. The average Bonchev–Trinajstić information content (AvgIpc) is 3.08. The molecule has 0 amide bonds. The lowest BCUT2D eigenvalue weighted by Gasteiger charge is -2.31. The van der Waals surface area contributed by atoms with Crippen LogP contribution in [0.5, 0.6) is 0 Å². The number of hydrogen-bond donors (Lipinski definition) is 2. The Hall–Kier alpha value is -2.34. The van der Waals surface area contributed by atoms with Crippen molar-refractivity contribution in [1.82, 2.24) is 20.5 Å². The third-order valence-corrected chi connectivity index (χ3v) is 5.93. The van der Waals surface area contributed by atoms with Crippen molar-refractivity contribution in [2.75, 3.05) is 32.7 Å². The maximum atomic E-state index is 5.74. The highest BCUT2D eigenvalue weighted by atomic mass is 16.4. The van der Waals surface area contributed by atoms with Crippen LogP contribution < -0.4 is 10.6 Å². The van der Waals surface area contributed by atoms with Crippen molar-refractivity contribution < 1.29 is 4.42 Å². The van der Waals surface area contributed by atoms with Crippen LogP contribution in [0.25, 0.3) is 0 Å². The standard InChI is InChI=1S/C24H37N5O/c1-5-25-24(26-15-18(2)22-9-7-6-8-10-22)27-16-21-11-13-29(14-12-21)17-23-28-19(3)20(4)30-23/h6-10,18,21H,5,11-17H2,1-4H3,(H2,25,26,27). The fraction of sp³-hybridized carbons (Fsp3) is 0.583. The van der Waals surface area contributed by atoms with Gasteiger partial charge in [0.2, 0.25) is 5.89 Å². The molecule has 0 aliphatic carbocycles. The number of nitrogens with one attached hydrogen (secondary N) is 2. The van der Waals surface area contributed by atoms with Gasteiger partial charge in [-0.15, -0.1) is 0 Å². The van der Waals surface area contributed by atoms with Gasteiger partial charge in [0.15, 0.2) is 5.96 Å². The normalized spacial score (nSPS) is 17.1. The Bertz CT molecular complexity index is 774. The molecule has 2 N–H and O–H groups in total. The molecule has 1 aliphatic rings. The minimum absolute atomic E-state index is 0.410. The Morgan fingerprint density at radius 1 is 1.20 bits per heavy atom. The van der Waals surface area contributed by atoms with E-state index in [9.17, 15) is 0 Å². The molecule has 1 atom stereocenters. The van der Waals surface area contributed by atoms with Crippen LogP contribution in [0.4, 0.5) is 0 Å². The van der Waals surface area contributed by atoms with Crippen LogP contribution in [0.1, 0.15) is 55.5 Å². The molecular formula is C24H37N5O. The molecule has 0 spiro atoms. The van der Waals surface area contributed by atoms with Crippen molar-refractivity contribution in [3.05, 3.63) is 53.2 Å². The number of likely N-dealkylation sites (tertiary alicyclic amines) is 1. The average molecular weight is 412 g/mol. The number of nitrogens with zero attached hydrogens (tertiary/aromatic N) is 3. The van der Waals surface area contributed by atoms with Crippen LogP contribution in [0.3, 0.4) is 0 Å². The number of guanidine groups is 1. The molecule has 1 aliphatic heterocycles. The van der Waals surface area contributed by atoms with E-state index in [1.807, 2.05) is 13.8 Å². The van der Waals surface area contributed by atoms with E-state index in [0.29, 0.717) is 11.8 Å². The van der Waals surface area contributed by atoms with Gasteiger partial charge in [-0.3, -0.25) is 9.89 Å². The molecule has 2 heterocycles. The zero-order chi connectivity index (χ0) is 21.3. The third kappa shape index (κ3) is 6.59. The Morgan fingerprint density at radius 2 is 1.93 bits per heavy atom. The topological polar surface area (TPSA) is 65.7 Å². The molecule has 1 aromatic carbocycles. The first-order chi connectivity index (χ1) is 14.5. The zero-order valence-corrected chi connectivity index (χ0v) is 18.9. The molecule has 164 valence electrons. The molecule has 1 fully saturated rings. The number of aliphatic imine (C=N–C) groups is 1. The Morgan fingerprint density at radius 3 is 2.57 bits per heavy atom. The summed E-state index contributed by atoms with van der Waals surface area (Å²) in [5.41, 5.74) is 2.34. The predicted octanol–water partition coefficient (Wildman–Crippen LogP) is 3.86. The van der Waals surface area contributed by atoms with Crippen LogP contribution in [-0.2, 0) is 6.54 Å². The Labute approximate surface area is 181 Å². The molecule has 30 heavy (non-hydrogen) atoms. The summed E-state index contributed by atoms with van der Waals surface area (Å²) in [5.74, 6) is 3.78. The summed E-state index contributed by atoms with van der Waals surface area (Å²) < 4.78 is 5.74. The van der Waals surface area contributed by atoms with Crippen molar-refractivity contribution in [2.45, 2.75) is 53.0 Å². The van der Waals surface area contributed by atoms with Crippen LogP contribution in [0, 0.1) is 19.8 Å². The van der Waals surface area contributed by atoms with Crippen molar-refractivity contribution in [1.29, 1.82) is 0 Å². The molecule has 6 nitrogen and oxygen atoms in total. The lowest BCUT2D eigenvalue weighted by molar-refractivity contribution is 0.164. The van der Waals surface area contributed by atoms with Gasteiger partial charge in [-0.05, 0) is 58.2 Å². The van der Waals surface area contributed by atoms with Crippen LogP contribution in [0.15, 0.2) is 39.7 Å². The summed E-state index contributed by atoms with van der Waals surface area (Å²) in [4.78, 5) is 11.8. The van der Waals surface area contributed by atoms with Crippen molar-refractivity contribution in [3.8, 4) is 0 Å².